The van der Waals surface area contributed by atoms with Crippen LogP contribution in [0.2, 0.25) is 5.02 Å². The molecule has 0 saturated heterocycles. The summed E-state index contributed by atoms with van der Waals surface area (Å²) >= 11 is 5.79. The van der Waals surface area contributed by atoms with Crippen LogP contribution in [0.3, 0.4) is 0 Å². The second kappa shape index (κ2) is 5.31. The van der Waals surface area contributed by atoms with Crippen molar-refractivity contribution in [1.29, 1.82) is 0 Å². The highest BCUT2D eigenvalue weighted by molar-refractivity contribution is 6.30. The molecule has 5 heteroatoms. The van der Waals surface area contributed by atoms with Crippen LogP contribution in [-0.4, -0.2) is 0 Å². The van der Waals surface area contributed by atoms with E-state index in [1.807, 2.05) is 0 Å². The molecule has 0 atom stereocenters. The van der Waals surface area contributed by atoms with Crippen molar-refractivity contribution in [3.63, 3.8) is 0 Å². The number of benzene rings is 2. The third-order valence-electron chi connectivity index (χ3n) is 2.36. The molecule has 2 rings (SSSR count). The number of hydrogen-bond acceptors (Lipinski definition) is 1. The van der Waals surface area contributed by atoms with E-state index in [0.717, 1.165) is 12.1 Å². The van der Waals surface area contributed by atoms with Crippen LogP contribution in [-0.2, 0) is 6.54 Å². The van der Waals surface area contributed by atoms with Crippen LogP contribution in [0.5, 0.6) is 0 Å². The summed E-state index contributed by atoms with van der Waals surface area (Å²) in [4.78, 5) is 0. The Kier molecular flexibility index (Phi) is 3.77. The lowest BCUT2D eigenvalue weighted by Gasteiger charge is -2.07. The molecule has 0 amide bonds. The van der Waals surface area contributed by atoms with Gasteiger partial charge in [0.05, 0.1) is 0 Å². The fourth-order valence-corrected chi connectivity index (χ4v) is 1.70. The van der Waals surface area contributed by atoms with Crippen LogP contribution in [0.15, 0.2) is 36.4 Å². The largest absolute Gasteiger partial charge is 0.381 e. The third kappa shape index (κ3) is 2.96. The lowest BCUT2D eigenvalue weighted by Crippen LogP contribution is -2.02. The van der Waals surface area contributed by atoms with E-state index in [-0.39, 0.29) is 6.54 Å². The molecule has 0 unspecified atom stereocenters. The SMILES string of the molecule is Fc1cc(CNc2cccc(Cl)c2)cc(F)c1F. The highest BCUT2D eigenvalue weighted by Gasteiger charge is 2.10. The normalized spacial score (nSPS) is 10.4. The Morgan fingerprint density at radius 1 is 1.00 bits per heavy atom. The predicted octanol–water partition coefficient (Wildman–Crippen LogP) is 4.37. The number of anilines is 1. The molecule has 0 aliphatic rings. The minimum absolute atomic E-state index is 0.175. The van der Waals surface area contributed by atoms with E-state index < -0.39 is 17.5 Å². The van der Waals surface area contributed by atoms with Gasteiger partial charge in [0, 0.05) is 17.3 Å². The van der Waals surface area contributed by atoms with E-state index in [4.69, 9.17) is 11.6 Å². The first-order chi connectivity index (χ1) is 8.56. The van der Waals surface area contributed by atoms with Gasteiger partial charge in [-0.15, -0.1) is 0 Å². The lowest BCUT2D eigenvalue weighted by molar-refractivity contribution is 0.445. The van der Waals surface area contributed by atoms with Crippen LogP contribution in [0.1, 0.15) is 5.56 Å². The minimum atomic E-state index is -1.46. The summed E-state index contributed by atoms with van der Waals surface area (Å²) in [5.41, 5.74) is 1.03. The van der Waals surface area contributed by atoms with Gasteiger partial charge < -0.3 is 5.32 Å². The summed E-state index contributed by atoms with van der Waals surface area (Å²) in [6.07, 6.45) is 0. The quantitative estimate of drug-likeness (QED) is 0.818. The Morgan fingerprint density at radius 2 is 1.67 bits per heavy atom. The second-order valence-electron chi connectivity index (χ2n) is 3.74. The maximum atomic E-state index is 13.0. The third-order valence-corrected chi connectivity index (χ3v) is 2.60. The van der Waals surface area contributed by atoms with Gasteiger partial charge in [0.2, 0.25) is 0 Å². The molecule has 2 aromatic carbocycles. The monoisotopic (exact) mass is 271 g/mol. The summed E-state index contributed by atoms with van der Waals surface area (Å²) < 4.78 is 38.7. The van der Waals surface area contributed by atoms with Crippen LogP contribution >= 0.6 is 11.6 Å². The molecule has 0 radical (unpaired) electrons. The molecule has 1 nitrogen and oxygen atoms in total. The molecular weight excluding hydrogens is 263 g/mol. The van der Waals surface area contributed by atoms with Crippen molar-refractivity contribution in [2.75, 3.05) is 5.32 Å². The lowest BCUT2D eigenvalue weighted by atomic mass is 10.2. The first-order valence-corrected chi connectivity index (χ1v) is 5.57. The van der Waals surface area contributed by atoms with Gasteiger partial charge in [0.1, 0.15) is 0 Å². The number of rotatable bonds is 3. The van der Waals surface area contributed by atoms with Gasteiger partial charge in [-0.25, -0.2) is 13.2 Å². The molecule has 0 saturated carbocycles. The molecule has 0 aromatic heterocycles. The first kappa shape index (κ1) is 12.8. The van der Waals surface area contributed by atoms with Crippen molar-refractivity contribution in [1.82, 2.24) is 0 Å². The van der Waals surface area contributed by atoms with Gasteiger partial charge in [-0.2, -0.15) is 0 Å². The van der Waals surface area contributed by atoms with Crippen LogP contribution in [0.25, 0.3) is 0 Å². The molecule has 94 valence electrons. The molecular formula is C13H9ClF3N. The zero-order valence-electron chi connectivity index (χ0n) is 9.18. The molecule has 1 N–H and O–H groups in total. The maximum Gasteiger partial charge on any atom is 0.194 e. The summed E-state index contributed by atoms with van der Waals surface area (Å²) in [5, 5.41) is 3.49. The van der Waals surface area contributed by atoms with Crippen molar-refractivity contribution >= 4 is 17.3 Å². The Labute approximate surface area is 107 Å². The molecule has 0 heterocycles. The Morgan fingerprint density at radius 3 is 2.28 bits per heavy atom. The number of nitrogens with one attached hydrogen (secondary N) is 1. The van der Waals surface area contributed by atoms with Crippen LogP contribution < -0.4 is 5.32 Å². The molecule has 0 spiro atoms. The highest BCUT2D eigenvalue weighted by Crippen LogP contribution is 2.17. The van der Waals surface area contributed by atoms with Crippen LogP contribution in [0.4, 0.5) is 18.9 Å². The second-order valence-corrected chi connectivity index (χ2v) is 4.17. The molecule has 0 fully saturated rings. The van der Waals surface area contributed by atoms with Crippen molar-refractivity contribution in [2.45, 2.75) is 6.54 Å². The highest BCUT2D eigenvalue weighted by atomic mass is 35.5. The van der Waals surface area contributed by atoms with E-state index in [1.165, 1.54) is 0 Å². The van der Waals surface area contributed by atoms with E-state index in [1.54, 1.807) is 24.3 Å². The smallest absolute Gasteiger partial charge is 0.194 e. The summed E-state index contributed by atoms with van der Waals surface area (Å²) in [7, 11) is 0. The van der Waals surface area contributed by atoms with Gasteiger partial charge in [0.15, 0.2) is 17.5 Å². The summed E-state index contributed by atoms with van der Waals surface area (Å²) in [5.74, 6) is -3.85. The average Bonchev–Trinajstić information content (AvgIpc) is 2.33. The van der Waals surface area contributed by atoms with E-state index >= 15 is 0 Å². The van der Waals surface area contributed by atoms with E-state index in [2.05, 4.69) is 5.32 Å². The Balaban J connectivity index is 2.11. The standard InChI is InChI=1S/C13H9ClF3N/c14-9-2-1-3-10(6-9)18-7-8-4-11(15)13(17)12(16)5-8/h1-6,18H,7H2. The zero-order valence-corrected chi connectivity index (χ0v) is 9.94. The van der Waals surface area contributed by atoms with Crippen molar-refractivity contribution in [3.05, 3.63) is 64.4 Å². The fourth-order valence-electron chi connectivity index (χ4n) is 1.51. The van der Waals surface area contributed by atoms with Crippen molar-refractivity contribution < 1.29 is 13.2 Å². The predicted molar refractivity (Wildman–Crippen MR) is 65.1 cm³/mol. The maximum absolute atomic E-state index is 13.0. The first-order valence-electron chi connectivity index (χ1n) is 5.19. The number of hydrogen-bond donors (Lipinski definition) is 1. The van der Waals surface area contributed by atoms with Gasteiger partial charge in [-0.1, -0.05) is 17.7 Å². The molecule has 0 aliphatic heterocycles. The fraction of sp³-hybridized carbons (Fsp3) is 0.0769. The van der Waals surface area contributed by atoms with E-state index in [9.17, 15) is 13.2 Å². The molecule has 0 aliphatic carbocycles. The Bertz CT molecular complexity index is 549. The summed E-state index contributed by atoms with van der Waals surface area (Å²) in [6, 6.07) is 8.81. The zero-order chi connectivity index (χ0) is 13.1. The van der Waals surface area contributed by atoms with Gasteiger partial charge >= 0.3 is 0 Å². The molecule has 2 aromatic rings. The summed E-state index contributed by atoms with van der Waals surface area (Å²) in [6.45, 7) is 0.175. The van der Waals surface area contributed by atoms with Crippen molar-refractivity contribution in [2.24, 2.45) is 0 Å². The van der Waals surface area contributed by atoms with Gasteiger partial charge in [-0.05, 0) is 35.9 Å². The van der Waals surface area contributed by atoms with Crippen molar-refractivity contribution in [3.8, 4) is 0 Å². The van der Waals surface area contributed by atoms with Crippen LogP contribution in [0, 0.1) is 17.5 Å². The van der Waals surface area contributed by atoms with Gasteiger partial charge in [-0.3, -0.25) is 0 Å². The number of halogens is 4. The molecule has 0 bridgehead atoms. The average molecular weight is 272 g/mol. The topological polar surface area (TPSA) is 12.0 Å². The van der Waals surface area contributed by atoms with Gasteiger partial charge in [0.25, 0.3) is 0 Å². The minimum Gasteiger partial charge on any atom is -0.381 e. The Hall–Kier alpha value is -1.68. The molecule has 18 heavy (non-hydrogen) atoms. The van der Waals surface area contributed by atoms with E-state index in [0.29, 0.717) is 16.3 Å².